The molecule has 0 aromatic carbocycles. The third kappa shape index (κ3) is 2.65. The number of nitrogens with zero attached hydrogens (tertiary/aromatic N) is 2. The van der Waals surface area contributed by atoms with Crippen LogP contribution in [0.15, 0.2) is 0 Å². The van der Waals surface area contributed by atoms with Gasteiger partial charge in [-0.15, -0.1) is 0 Å². The van der Waals surface area contributed by atoms with Crippen LogP contribution in [0.4, 0.5) is 0 Å². The molecule has 0 spiro atoms. The van der Waals surface area contributed by atoms with Crippen molar-refractivity contribution in [1.29, 1.82) is 0 Å². The zero-order valence-corrected chi connectivity index (χ0v) is 13.5. The van der Waals surface area contributed by atoms with E-state index in [-0.39, 0.29) is 5.54 Å². The van der Waals surface area contributed by atoms with Gasteiger partial charge in [0.05, 0.1) is 0 Å². The minimum Gasteiger partial charge on any atom is -0.329 e. The van der Waals surface area contributed by atoms with E-state index in [1.54, 1.807) is 0 Å². The van der Waals surface area contributed by atoms with Crippen molar-refractivity contribution >= 4 is 0 Å². The number of fused-ring (bicyclic) bond motifs is 1. The lowest BCUT2D eigenvalue weighted by molar-refractivity contribution is 0.0101. The summed E-state index contributed by atoms with van der Waals surface area (Å²) < 4.78 is 0. The van der Waals surface area contributed by atoms with Gasteiger partial charge in [-0.1, -0.05) is 19.3 Å². The van der Waals surface area contributed by atoms with E-state index in [4.69, 9.17) is 5.73 Å². The molecule has 3 unspecified atom stereocenters. The molecule has 2 aliphatic heterocycles. The van der Waals surface area contributed by atoms with Crippen molar-refractivity contribution in [1.82, 2.24) is 9.80 Å². The molecule has 2 heterocycles. The van der Waals surface area contributed by atoms with Crippen molar-refractivity contribution in [3.8, 4) is 0 Å². The van der Waals surface area contributed by atoms with Gasteiger partial charge in [-0.2, -0.15) is 0 Å². The number of likely N-dealkylation sites (tertiary alicyclic amines) is 2. The Hall–Kier alpha value is -0.120. The minimum absolute atomic E-state index is 0.284. The summed E-state index contributed by atoms with van der Waals surface area (Å²) in [6.45, 7) is 10.5. The Bertz CT molecular complexity index is 330. The molecular weight excluding hydrogens is 246 g/mol. The van der Waals surface area contributed by atoms with E-state index in [0.717, 1.165) is 18.4 Å². The molecule has 3 heteroatoms. The van der Waals surface area contributed by atoms with Gasteiger partial charge in [-0.3, -0.25) is 9.80 Å². The second kappa shape index (κ2) is 5.94. The Morgan fingerprint density at radius 2 is 1.85 bits per heavy atom. The molecule has 3 aliphatic rings. The van der Waals surface area contributed by atoms with Crippen LogP contribution in [0.25, 0.3) is 0 Å². The molecule has 0 aromatic rings. The summed E-state index contributed by atoms with van der Waals surface area (Å²) in [5.74, 6) is 1.99. The Morgan fingerprint density at radius 1 is 1.10 bits per heavy atom. The zero-order chi connectivity index (χ0) is 14.2. The maximum Gasteiger partial charge on any atom is 0.0470 e. The van der Waals surface area contributed by atoms with Crippen LogP contribution in [0.2, 0.25) is 0 Å². The smallest absolute Gasteiger partial charge is 0.0470 e. The topological polar surface area (TPSA) is 32.5 Å². The lowest BCUT2D eigenvalue weighted by atomic mass is 9.74. The van der Waals surface area contributed by atoms with Gasteiger partial charge < -0.3 is 5.73 Å². The van der Waals surface area contributed by atoms with E-state index in [9.17, 15) is 0 Å². The molecule has 0 radical (unpaired) electrons. The van der Waals surface area contributed by atoms with E-state index >= 15 is 0 Å². The van der Waals surface area contributed by atoms with Gasteiger partial charge in [0.25, 0.3) is 0 Å². The highest BCUT2D eigenvalue weighted by Crippen LogP contribution is 2.40. The molecule has 2 N–H and O–H groups in total. The Morgan fingerprint density at radius 3 is 2.50 bits per heavy atom. The first kappa shape index (κ1) is 14.8. The molecule has 116 valence electrons. The first-order valence-electron chi connectivity index (χ1n) is 8.84. The molecule has 3 fully saturated rings. The van der Waals surface area contributed by atoms with Gasteiger partial charge in [-0.25, -0.2) is 0 Å². The number of nitrogens with two attached hydrogens (primary N) is 1. The lowest BCUT2D eigenvalue weighted by Gasteiger charge is -2.49. The average Bonchev–Trinajstić information content (AvgIpc) is 2.93. The molecule has 0 aromatic heterocycles. The monoisotopic (exact) mass is 279 g/mol. The van der Waals surface area contributed by atoms with Gasteiger partial charge in [0, 0.05) is 37.8 Å². The highest BCUT2D eigenvalue weighted by Gasteiger charge is 2.45. The number of hydrogen-bond donors (Lipinski definition) is 1. The fourth-order valence-electron chi connectivity index (χ4n) is 4.91. The van der Waals surface area contributed by atoms with Crippen LogP contribution < -0.4 is 5.73 Å². The molecule has 1 aliphatic carbocycles. The van der Waals surface area contributed by atoms with E-state index in [2.05, 4.69) is 23.6 Å². The van der Waals surface area contributed by atoms with Crippen molar-refractivity contribution in [3.05, 3.63) is 0 Å². The largest absolute Gasteiger partial charge is 0.329 e. The van der Waals surface area contributed by atoms with Crippen molar-refractivity contribution in [3.63, 3.8) is 0 Å². The fourth-order valence-corrected chi connectivity index (χ4v) is 4.91. The first-order chi connectivity index (χ1) is 9.64. The van der Waals surface area contributed by atoms with Crippen LogP contribution in [0.3, 0.4) is 0 Å². The fraction of sp³-hybridized carbons (Fsp3) is 1.00. The van der Waals surface area contributed by atoms with Crippen molar-refractivity contribution in [2.24, 2.45) is 17.6 Å². The molecule has 1 saturated carbocycles. The van der Waals surface area contributed by atoms with Crippen LogP contribution in [0, 0.1) is 11.8 Å². The second-order valence-electron chi connectivity index (χ2n) is 7.78. The molecule has 3 atom stereocenters. The quantitative estimate of drug-likeness (QED) is 0.860. The number of hydrogen-bond acceptors (Lipinski definition) is 3. The van der Waals surface area contributed by atoms with E-state index in [0.29, 0.717) is 6.04 Å². The second-order valence-corrected chi connectivity index (χ2v) is 7.78. The molecule has 2 saturated heterocycles. The van der Waals surface area contributed by atoms with Gasteiger partial charge in [0.15, 0.2) is 0 Å². The average molecular weight is 279 g/mol. The van der Waals surface area contributed by atoms with Crippen molar-refractivity contribution < 1.29 is 0 Å². The summed E-state index contributed by atoms with van der Waals surface area (Å²) in [5.41, 5.74) is 6.55. The summed E-state index contributed by atoms with van der Waals surface area (Å²) >= 11 is 0. The number of piperidine rings is 1. The normalized spacial score (nSPS) is 40.2. The Labute approximate surface area is 124 Å². The minimum atomic E-state index is 0.284. The van der Waals surface area contributed by atoms with E-state index in [1.165, 1.54) is 64.7 Å². The van der Waals surface area contributed by atoms with Gasteiger partial charge in [0.1, 0.15) is 0 Å². The lowest BCUT2D eigenvalue weighted by Crippen LogP contribution is -2.60. The van der Waals surface area contributed by atoms with Crippen LogP contribution in [0.1, 0.15) is 52.4 Å². The van der Waals surface area contributed by atoms with Crippen molar-refractivity contribution in [2.45, 2.75) is 64.0 Å². The van der Waals surface area contributed by atoms with Crippen LogP contribution in [-0.2, 0) is 0 Å². The predicted molar refractivity (Wildman–Crippen MR) is 84.7 cm³/mol. The molecule has 0 bridgehead atoms. The third-order valence-electron chi connectivity index (χ3n) is 6.43. The molecular formula is C17H33N3. The standard InChI is InChI=1S/C17H33N3/c1-14(2)19-10-8-17(12-18,13-19)20-9-7-15-5-3-4-6-16(15)11-20/h14-16H,3-13,18H2,1-2H3. The number of rotatable bonds is 3. The van der Waals surface area contributed by atoms with Crippen LogP contribution in [-0.4, -0.2) is 54.1 Å². The van der Waals surface area contributed by atoms with Crippen LogP contribution in [0.5, 0.6) is 0 Å². The predicted octanol–water partition coefficient (Wildman–Crippen LogP) is 2.31. The molecule has 0 amide bonds. The summed E-state index contributed by atoms with van der Waals surface area (Å²) in [6, 6.07) is 0.663. The maximum atomic E-state index is 6.26. The SMILES string of the molecule is CC(C)N1CCC(CN)(N2CCC3CCCCC3C2)C1. The van der Waals surface area contributed by atoms with Crippen molar-refractivity contribution in [2.75, 3.05) is 32.7 Å². The molecule has 20 heavy (non-hydrogen) atoms. The summed E-state index contributed by atoms with van der Waals surface area (Å²) in [7, 11) is 0. The van der Waals surface area contributed by atoms with Crippen LogP contribution >= 0.6 is 0 Å². The van der Waals surface area contributed by atoms with E-state index in [1.807, 2.05) is 0 Å². The summed E-state index contributed by atoms with van der Waals surface area (Å²) in [6.07, 6.45) is 8.60. The zero-order valence-electron chi connectivity index (χ0n) is 13.5. The van der Waals surface area contributed by atoms with Gasteiger partial charge >= 0.3 is 0 Å². The van der Waals surface area contributed by atoms with Gasteiger partial charge in [-0.05, 0) is 51.5 Å². The summed E-state index contributed by atoms with van der Waals surface area (Å²) in [5, 5.41) is 0. The molecule has 3 rings (SSSR count). The van der Waals surface area contributed by atoms with E-state index < -0.39 is 0 Å². The highest BCUT2D eigenvalue weighted by molar-refractivity contribution is 5.03. The maximum absolute atomic E-state index is 6.26. The summed E-state index contributed by atoms with van der Waals surface area (Å²) in [4.78, 5) is 5.42. The van der Waals surface area contributed by atoms with Gasteiger partial charge in [0.2, 0.25) is 0 Å². The molecule has 3 nitrogen and oxygen atoms in total. The first-order valence-corrected chi connectivity index (χ1v) is 8.84. The highest BCUT2D eigenvalue weighted by atomic mass is 15.3. The Kier molecular flexibility index (Phi) is 4.40. The third-order valence-corrected chi connectivity index (χ3v) is 6.43. The Balaban J connectivity index is 1.68.